The van der Waals surface area contributed by atoms with Gasteiger partial charge in [-0.2, -0.15) is 0 Å². The topological polar surface area (TPSA) is 42.2 Å². The van der Waals surface area contributed by atoms with Crippen LogP contribution in [0.3, 0.4) is 0 Å². The molecule has 0 fully saturated rings. The molecule has 0 aliphatic heterocycles. The van der Waals surface area contributed by atoms with Gasteiger partial charge in [0.2, 0.25) is 5.91 Å². The van der Waals surface area contributed by atoms with Crippen molar-refractivity contribution in [2.75, 3.05) is 6.54 Å². The van der Waals surface area contributed by atoms with Gasteiger partial charge >= 0.3 is 0 Å². The zero-order valence-electron chi connectivity index (χ0n) is 14.4. The summed E-state index contributed by atoms with van der Waals surface area (Å²) in [6.07, 6.45) is 1.04. The summed E-state index contributed by atoms with van der Waals surface area (Å²) in [5.74, 6) is 2.04. The molecule has 0 unspecified atom stereocenters. The standard InChI is InChI=1S/C22H23NO2/c1-17(18-8-4-2-5-9-18)16-23-22(24)15-13-20-12-14-21(25-20)19-10-6-3-7-11-19/h2-12,14,17H,13,15-16H2,1H3,(H,23,24)/t17-/m1/s1. The van der Waals surface area contributed by atoms with E-state index in [9.17, 15) is 4.79 Å². The highest BCUT2D eigenvalue weighted by atomic mass is 16.3. The van der Waals surface area contributed by atoms with Crippen LogP contribution in [0.5, 0.6) is 0 Å². The first kappa shape index (κ1) is 17.0. The molecule has 1 N–H and O–H groups in total. The second kappa shape index (κ2) is 8.34. The highest BCUT2D eigenvalue weighted by Gasteiger charge is 2.09. The molecule has 0 saturated carbocycles. The van der Waals surface area contributed by atoms with Gasteiger partial charge in [-0.15, -0.1) is 0 Å². The molecule has 1 heterocycles. The van der Waals surface area contributed by atoms with E-state index in [-0.39, 0.29) is 5.91 Å². The summed E-state index contributed by atoms with van der Waals surface area (Å²) in [5.41, 5.74) is 2.29. The Balaban J connectivity index is 1.46. The molecule has 0 bridgehead atoms. The van der Waals surface area contributed by atoms with Crippen LogP contribution < -0.4 is 5.32 Å². The lowest BCUT2D eigenvalue weighted by Gasteiger charge is -2.12. The first-order chi connectivity index (χ1) is 12.2. The maximum Gasteiger partial charge on any atom is 0.220 e. The molecule has 0 spiro atoms. The second-order valence-electron chi connectivity index (χ2n) is 6.25. The van der Waals surface area contributed by atoms with Gasteiger partial charge in [-0.25, -0.2) is 0 Å². The summed E-state index contributed by atoms with van der Waals surface area (Å²) in [7, 11) is 0. The first-order valence-corrected chi connectivity index (χ1v) is 8.68. The molecule has 2 aromatic carbocycles. The Morgan fingerprint density at radius 3 is 2.36 bits per heavy atom. The van der Waals surface area contributed by atoms with Crippen molar-refractivity contribution in [3.63, 3.8) is 0 Å². The van der Waals surface area contributed by atoms with Crippen LogP contribution in [0.4, 0.5) is 0 Å². The largest absolute Gasteiger partial charge is 0.461 e. The summed E-state index contributed by atoms with van der Waals surface area (Å²) in [6, 6.07) is 24.1. The number of carbonyl (C=O) groups excluding carboxylic acids is 1. The highest BCUT2D eigenvalue weighted by Crippen LogP contribution is 2.22. The van der Waals surface area contributed by atoms with Crippen molar-refractivity contribution in [1.29, 1.82) is 0 Å². The van der Waals surface area contributed by atoms with Gasteiger partial charge in [0.25, 0.3) is 0 Å². The van der Waals surface area contributed by atoms with Crippen LogP contribution in [-0.2, 0) is 11.2 Å². The average Bonchev–Trinajstić information content (AvgIpc) is 3.15. The molecule has 128 valence electrons. The van der Waals surface area contributed by atoms with E-state index in [1.165, 1.54) is 5.56 Å². The number of nitrogens with one attached hydrogen (secondary N) is 1. The molecule has 0 aliphatic carbocycles. The third-order valence-electron chi connectivity index (χ3n) is 4.29. The lowest BCUT2D eigenvalue weighted by atomic mass is 10.0. The summed E-state index contributed by atoms with van der Waals surface area (Å²) in [6.45, 7) is 2.77. The minimum Gasteiger partial charge on any atom is -0.461 e. The van der Waals surface area contributed by atoms with Crippen molar-refractivity contribution in [3.8, 4) is 11.3 Å². The van der Waals surface area contributed by atoms with Crippen molar-refractivity contribution in [2.45, 2.75) is 25.7 Å². The molecule has 0 saturated heterocycles. The molecule has 3 heteroatoms. The van der Waals surface area contributed by atoms with Gasteiger partial charge in [-0.05, 0) is 23.6 Å². The minimum absolute atomic E-state index is 0.0560. The van der Waals surface area contributed by atoms with Crippen LogP contribution in [0.25, 0.3) is 11.3 Å². The Labute approximate surface area is 148 Å². The maximum absolute atomic E-state index is 12.1. The molecule has 1 aromatic heterocycles. The number of hydrogen-bond donors (Lipinski definition) is 1. The zero-order valence-corrected chi connectivity index (χ0v) is 14.4. The molecule has 1 amide bonds. The van der Waals surface area contributed by atoms with Gasteiger partial charge in [0.1, 0.15) is 11.5 Å². The molecule has 0 radical (unpaired) electrons. The van der Waals surface area contributed by atoms with Crippen LogP contribution in [0, 0.1) is 0 Å². The Hall–Kier alpha value is -2.81. The fourth-order valence-corrected chi connectivity index (χ4v) is 2.76. The van der Waals surface area contributed by atoms with E-state index in [2.05, 4.69) is 24.4 Å². The normalized spacial score (nSPS) is 11.9. The Kier molecular flexibility index (Phi) is 5.68. The highest BCUT2D eigenvalue weighted by molar-refractivity contribution is 5.76. The second-order valence-corrected chi connectivity index (χ2v) is 6.25. The van der Waals surface area contributed by atoms with Crippen LogP contribution in [0.2, 0.25) is 0 Å². The van der Waals surface area contributed by atoms with E-state index in [0.29, 0.717) is 25.3 Å². The predicted molar refractivity (Wildman–Crippen MR) is 100 cm³/mol. The van der Waals surface area contributed by atoms with E-state index in [0.717, 1.165) is 17.1 Å². The smallest absolute Gasteiger partial charge is 0.220 e. The van der Waals surface area contributed by atoms with E-state index in [4.69, 9.17) is 4.42 Å². The van der Waals surface area contributed by atoms with Crippen molar-refractivity contribution in [1.82, 2.24) is 5.32 Å². The number of rotatable bonds is 7. The number of furan rings is 1. The van der Waals surface area contributed by atoms with Crippen LogP contribution >= 0.6 is 0 Å². The number of aryl methyl sites for hydroxylation is 1. The van der Waals surface area contributed by atoms with Crippen molar-refractivity contribution in [2.24, 2.45) is 0 Å². The van der Waals surface area contributed by atoms with E-state index < -0.39 is 0 Å². The molecule has 3 aromatic rings. The Morgan fingerprint density at radius 2 is 1.64 bits per heavy atom. The SMILES string of the molecule is C[C@H](CNC(=O)CCc1ccc(-c2ccccc2)o1)c1ccccc1. The molecular weight excluding hydrogens is 310 g/mol. The molecule has 0 aliphatic rings. The van der Waals surface area contributed by atoms with Gasteiger partial charge in [0, 0.05) is 24.9 Å². The predicted octanol–water partition coefficient (Wildman–Crippen LogP) is 4.80. The monoisotopic (exact) mass is 333 g/mol. The molecule has 1 atom stereocenters. The number of benzene rings is 2. The number of amides is 1. The lowest BCUT2D eigenvalue weighted by Crippen LogP contribution is -2.27. The summed E-state index contributed by atoms with van der Waals surface area (Å²) in [4.78, 5) is 12.1. The minimum atomic E-state index is 0.0560. The van der Waals surface area contributed by atoms with Gasteiger partial charge < -0.3 is 9.73 Å². The van der Waals surface area contributed by atoms with Gasteiger partial charge in [-0.3, -0.25) is 4.79 Å². The third kappa shape index (κ3) is 4.83. The molecular formula is C22H23NO2. The quantitative estimate of drug-likeness (QED) is 0.675. The fourth-order valence-electron chi connectivity index (χ4n) is 2.76. The van der Waals surface area contributed by atoms with Crippen molar-refractivity contribution < 1.29 is 9.21 Å². The van der Waals surface area contributed by atoms with Crippen molar-refractivity contribution >= 4 is 5.91 Å². The number of carbonyl (C=O) groups is 1. The van der Waals surface area contributed by atoms with E-state index in [1.807, 2.05) is 60.7 Å². The molecule has 25 heavy (non-hydrogen) atoms. The zero-order chi connectivity index (χ0) is 17.5. The average molecular weight is 333 g/mol. The van der Waals surface area contributed by atoms with Gasteiger partial charge in [0.05, 0.1) is 0 Å². The first-order valence-electron chi connectivity index (χ1n) is 8.68. The fraction of sp³-hybridized carbons (Fsp3) is 0.227. The van der Waals surface area contributed by atoms with Crippen LogP contribution in [-0.4, -0.2) is 12.5 Å². The van der Waals surface area contributed by atoms with E-state index in [1.54, 1.807) is 0 Å². The Morgan fingerprint density at radius 1 is 0.960 bits per heavy atom. The van der Waals surface area contributed by atoms with Gasteiger partial charge in [0.15, 0.2) is 0 Å². The van der Waals surface area contributed by atoms with Gasteiger partial charge in [-0.1, -0.05) is 67.6 Å². The maximum atomic E-state index is 12.1. The molecule has 3 nitrogen and oxygen atoms in total. The van der Waals surface area contributed by atoms with Crippen LogP contribution in [0.15, 0.2) is 77.2 Å². The van der Waals surface area contributed by atoms with Crippen LogP contribution in [0.1, 0.15) is 30.6 Å². The van der Waals surface area contributed by atoms with Crippen molar-refractivity contribution in [3.05, 3.63) is 84.1 Å². The summed E-state index contributed by atoms with van der Waals surface area (Å²) in [5, 5.41) is 3.01. The third-order valence-corrected chi connectivity index (χ3v) is 4.29. The van der Waals surface area contributed by atoms with E-state index >= 15 is 0 Å². The summed E-state index contributed by atoms with van der Waals surface area (Å²) < 4.78 is 5.84. The lowest BCUT2D eigenvalue weighted by molar-refractivity contribution is -0.121. The molecule has 3 rings (SSSR count). The summed E-state index contributed by atoms with van der Waals surface area (Å²) >= 11 is 0. The Bertz CT molecular complexity index is 793. The number of hydrogen-bond acceptors (Lipinski definition) is 2.